The number of aryl methyl sites for hydroxylation is 2. The van der Waals surface area contributed by atoms with Gasteiger partial charge in [-0.3, -0.25) is 4.79 Å². The molecule has 2 aromatic rings. The predicted molar refractivity (Wildman–Crippen MR) is 90.4 cm³/mol. The van der Waals surface area contributed by atoms with Crippen LogP contribution in [0.4, 0.5) is 0 Å². The van der Waals surface area contributed by atoms with E-state index in [0.717, 1.165) is 16.9 Å². The number of rotatable bonds is 6. The van der Waals surface area contributed by atoms with Crippen molar-refractivity contribution in [3.05, 3.63) is 65.2 Å². The first-order valence-corrected chi connectivity index (χ1v) is 7.71. The monoisotopic (exact) mass is 313 g/mol. The van der Waals surface area contributed by atoms with Crippen LogP contribution in [-0.4, -0.2) is 23.7 Å². The van der Waals surface area contributed by atoms with Crippen LogP contribution in [0.15, 0.2) is 48.5 Å². The molecule has 0 aliphatic carbocycles. The smallest absolute Gasteiger partial charge is 0.253 e. The topological polar surface area (TPSA) is 58.6 Å². The lowest BCUT2D eigenvalue weighted by Gasteiger charge is -2.19. The van der Waals surface area contributed by atoms with E-state index in [2.05, 4.69) is 5.32 Å². The van der Waals surface area contributed by atoms with Crippen LogP contribution in [-0.2, 0) is 4.79 Å². The van der Waals surface area contributed by atoms with Crippen LogP contribution in [0.1, 0.15) is 29.7 Å². The fraction of sp³-hybridized carbons (Fsp3) is 0.316. The van der Waals surface area contributed by atoms with Gasteiger partial charge in [0.15, 0.2) is 6.10 Å². The van der Waals surface area contributed by atoms with Gasteiger partial charge in [-0.2, -0.15) is 0 Å². The summed E-state index contributed by atoms with van der Waals surface area (Å²) >= 11 is 0. The first kappa shape index (κ1) is 17.0. The van der Waals surface area contributed by atoms with Gasteiger partial charge in [-0.15, -0.1) is 0 Å². The van der Waals surface area contributed by atoms with Crippen LogP contribution >= 0.6 is 0 Å². The molecule has 0 heterocycles. The lowest BCUT2D eigenvalue weighted by atomic mass is 10.1. The fourth-order valence-corrected chi connectivity index (χ4v) is 2.39. The van der Waals surface area contributed by atoms with Gasteiger partial charge in [-0.05, 0) is 37.5 Å². The third kappa shape index (κ3) is 4.57. The number of nitrogens with one attached hydrogen (secondary N) is 1. The summed E-state index contributed by atoms with van der Waals surface area (Å²) in [6, 6.07) is 14.6. The van der Waals surface area contributed by atoms with Gasteiger partial charge in [0.25, 0.3) is 5.91 Å². The zero-order valence-corrected chi connectivity index (χ0v) is 13.7. The Morgan fingerprint density at radius 1 is 1.09 bits per heavy atom. The molecule has 0 bridgehead atoms. The predicted octanol–water partition coefficient (Wildman–Crippen LogP) is 2.92. The number of amides is 1. The molecule has 0 aliphatic rings. The first-order chi connectivity index (χ1) is 11.0. The molecule has 2 atom stereocenters. The molecule has 23 heavy (non-hydrogen) atoms. The minimum absolute atomic E-state index is 0.208. The highest BCUT2D eigenvalue weighted by atomic mass is 16.5. The molecule has 122 valence electrons. The second kappa shape index (κ2) is 7.79. The van der Waals surface area contributed by atoms with Crippen molar-refractivity contribution in [1.29, 1.82) is 0 Å². The van der Waals surface area contributed by atoms with Gasteiger partial charge in [0.05, 0.1) is 6.04 Å². The number of carbonyl (C=O) groups is 1. The molecule has 0 saturated heterocycles. The summed E-state index contributed by atoms with van der Waals surface area (Å²) < 4.78 is 5.82. The van der Waals surface area contributed by atoms with Gasteiger partial charge in [0.2, 0.25) is 0 Å². The normalized spacial score (nSPS) is 13.2. The van der Waals surface area contributed by atoms with Gasteiger partial charge in [-0.25, -0.2) is 0 Å². The zero-order valence-electron chi connectivity index (χ0n) is 13.7. The van der Waals surface area contributed by atoms with Crippen molar-refractivity contribution >= 4 is 5.91 Å². The van der Waals surface area contributed by atoms with Gasteiger partial charge in [0, 0.05) is 0 Å². The molecule has 2 aromatic carbocycles. The van der Waals surface area contributed by atoms with E-state index in [0.29, 0.717) is 12.2 Å². The van der Waals surface area contributed by atoms with E-state index in [4.69, 9.17) is 4.74 Å². The number of carbonyl (C=O) groups excluding carboxylic acids is 1. The van der Waals surface area contributed by atoms with Crippen LogP contribution in [0.5, 0.6) is 5.75 Å². The number of benzene rings is 2. The Balaban J connectivity index is 1.89. The molecule has 0 radical (unpaired) electrons. The van der Waals surface area contributed by atoms with Crippen molar-refractivity contribution in [1.82, 2.24) is 5.32 Å². The molecule has 0 fully saturated rings. The highest BCUT2D eigenvalue weighted by Crippen LogP contribution is 2.22. The maximum absolute atomic E-state index is 12.1. The Morgan fingerprint density at radius 2 is 1.70 bits per heavy atom. The summed E-state index contributed by atoms with van der Waals surface area (Å²) in [6.45, 7) is 6.18. The van der Waals surface area contributed by atoms with Gasteiger partial charge in [-0.1, -0.05) is 48.5 Å². The Kier molecular flexibility index (Phi) is 5.77. The van der Waals surface area contributed by atoms with Crippen LogP contribution in [0.2, 0.25) is 0 Å². The minimum atomic E-state index is -1.17. The minimum Gasteiger partial charge on any atom is -0.491 e. The van der Waals surface area contributed by atoms with Crippen LogP contribution in [0, 0.1) is 13.8 Å². The second-order valence-corrected chi connectivity index (χ2v) is 5.75. The molecule has 1 amide bonds. The third-order valence-electron chi connectivity index (χ3n) is 3.64. The largest absolute Gasteiger partial charge is 0.491 e. The summed E-state index contributed by atoms with van der Waals surface area (Å²) in [6.07, 6.45) is -1.17. The summed E-state index contributed by atoms with van der Waals surface area (Å²) in [5.74, 6) is 0.422. The number of para-hydroxylation sites is 1. The standard InChI is InChI=1S/C19H23NO3/c1-13-8-7-9-14(2)18(13)23-12-15(3)20-19(22)17(21)16-10-5-4-6-11-16/h4-11,15,17,21H,12H2,1-3H3,(H,20,22)/t15-,17+/m0/s1. The van der Waals surface area contributed by atoms with Gasteiger partial charge < -0.3 is 15.2 Å². The van der Waals surface area contributed by atoms with Crippen molar-refractivity contribution in [3.63, 3.8) is 0 Å². The Bertz CT molecular complexity index is 635. The van der Waals surface area contributed by atoms with E-state index in [-0.39, 0.29) is 6.04 Å². The molecule has 0 aliphatic heterocycles. The van der Waals surface area contributed by atoms with E-state index in [1.165, 1.54) is 0 Å². The summed E-state index contributed by atoms with van der Waals surface area (Å²) in [4.78, 5) is 12.1. The molecule has 4 nitrogen and oxygen atoms in total. The third-order valence-corrected chi connectivity index (χ3v) is 3.64. The van der Waals surface area contributed by atoms with Gasteiger partial charge >= 0.3 is 0 Å². The lowest BCUT2D eigenvalue weighted by molar-refractivity contribution is -0.130. The molecule has 2 N–H and O–H groups in total. The van der Waals surface area contributed by atoms with Crippen molar-refractivity contribution in [2.24, 2.45) is 0 Å². The average Bonchev–Trinajstić information content (AvgIpc) is 2.54. The maximum Gasteiger partial charge on any atom is 0.253 e. The summed E-state index contributed by atoms with van der Waals surface area (Å²) in [5.41, 5.74) is 2.70. The Morgan fingerprint density at radius 3 is 2.30 bits per heavy atom. The van der Waals surface area contributed by atoms with Gasteiger partial charge in [0.1, 0.15) is 12.4 Å². The fourth-order valence-electron chi connectivity index (χ4n) is 2.39. The molecule has 0 saturated carbocycles. The molecule has 4 heteroatoms. The van der Waals surface area contributed by atoms with Crippen LogP contribution in [0.3, 0.4) is 0 Å². The van der Waals surface area contributed by atoms with E-state index >= 15 is 0 Å². The second-order valence-electron chi connectivity index (χ2n) is 5.75. The Labute approximate surface area is 137 Å². The van der Waals surface area contributed by atoms with Crippen LogP contribution in [0.25, 0.3) is 0 Å². The SMILES string of the molecule is Cc1cccc(C)c1OC[C@H](C)NC(=O)[C@H](O)c1ccccc1. The average molecular weight is 313 g/mol. The number of aliphatic hydroxyl groups is 1. The van der Waals surface area contributed by atoms with E-state index in [1.54, 1.807) is 24.3 Å². The molecule has 0 unspecified atom stereocenters. The van der Waals surface area contributed by atoms with E-state index in [1.807, 2.05) is 45.0 Å². The van der Waals surface area contributed by atoms with E-state index < -0.39 is 12.0 Å². The molecular weight excluding hydrogens is 290 g/mol. The summed E-state index contributed by atoms with van der Waals surface area (Å²) in [5, 5.41) is 12.8. The highest BCUT2D eigenvalue weighted by molar-refractivity contribution is 5.82. The molecule has 0 aromatic heterocycles. The molecular formula is C19H23NO3. The van der Waals surface area contributed by atoms with Crippen molar-refractivity contribution in [2.75, 3.05) is 6.61 Å². The van der Waals surface area contributed by atoms with E-state index in [9.17, 15) is 9.90 Å². The lowest BCUT2D eigenvalue weighted by Crippen LogP contribution is -2.39. The first-order valence-electron chi connectivity index (χ1n) is 7.71. The molecule has 2 rings (SSSR count). The number of hydrogen-bond acceptors (Lipinski definition) is 3. The van der Waals surface area contributed by atoms with Crippen molar-refractivity contribution < 1.29 is 14.6 Å². The number of hydrogen-bond donors (Lipinski definition) is 2. The molecule has 0 spiro atoms. The van der Waals surface area contributed by atoms with Crippen molar-refractivity contribution in [2.45, 2.75) is 32.9 Å². The maximum atomic E-state index is 12.1. The zero-order chi connectivity index (χ0) is 16.8. The summed E-state index contributed by atoms with van der Waals surface area (Å²) in [7, 11) is 0. The highest BCUT2D eigenvalue weighted by Gasteiger charge is 2.19. The number of aliphatic hydroxyl groups excluding tert-OH is 1. The quantitative estimate of drug-likeness (QED) is 0.862. The van der Waals surface area contributed by atoms with Crippen LogP contribution < -0.4 is 10.1 Å². The number of ether oxygens (including phenoxy) is 1. The van der Waals surface area contributed by atoms with Crippen molar-refractivity contribution in [3.8, 4) is 5.75 Å². The Hall–Kier alpha value is -2.33.